The summed E-state index contributed by atoms with van der Waals surface area (Å²) in [6, 6.07) is 5.26. The van der Waals surface area contributed by atoms with Crippen molar-refractivity contribution in [3.05, 3.63) is 37.5 Å². The minimum Gasteiger partial charge on any atom is -0.383 e. The van der Waals surface area contributed by atoms with Gasteiger partial charge in [0.2, 0.25) is 0 Å². The maximum atomic E-state index is 6.21. The Hall–Kier alpha value is -0.590. The number of benzene rings is 1. The van der Waals surface area contributed by atoms with Crippen LogP contribution in [0.5, 0.6) is 0 Å². The predicted molar refractivity (Wildman–Crippen MR) is 93.2 cm³/mol. The average Bonchev–Trinajstić information content (AvgIpc) is 2.34. The van der Waals surface area contributed by atoms with Gasteiger partial charge in [-0.05, 0) is 53.1 Å². The first-order valence-electron chi connectivity index (χ1n) is 6.15. The van der Waals surface area contributed by atoms with Crippen LogP contribution in [0.15, 0.2) is 18.2 Å². The van der Waals surface area contributed by atoms with Gasteiger partial charge in [-0.25, -0.2) is 9.97 Å². The molecule has 2 aromatic rings. The van der Waals surface area contributed by atoms with Crippen LogP contribution in [0.1, 0.15) is 19.5 Å². The van der Waals surface area contributed by atoms with Crippen molar-refractivity contribution in [1.29, 1.82) is 0 Å². The number of nitrogens with two attached hydrogens (primary N) is 1. The highest BCUT2D eigenvalue weighted by molar-refractivity contribution is 14.1. The lowest BCUT2D eigenvalue weighted by Gasteiger charge is -2.11. The highest BCUT2D eigenvalue weighted by Crippen LogP contribution is 2.30. The van der Waals surface area contributed by atoms with Gasteiger partial charge in [0.1, 0.15) is 5.82 Å². The van der Waals surface area contributed by atoms with E-state index in [1.54, 1.807) is 12.1 Å². The molecule has 0 unspecified atom stereocenters. The van der Waals surface area contributed by atoms with Crippen molar-refractivity contribution in [2.75, 3.05) is 5.73 Å². The zero-order chi connectivity index (χ0) is 14.9. The molecule has 0 atom stereocenters. The third-order valence-corrected chi connectivity index (χ3v) is 4.44. The quantitative estimate of drug-likeness (QED) is 0.721. The highest BCUT2D eigenvalue weighted by Gasteiger charge is 2.14. The van der Waals surface area contributed by atoms with Gasteiger partial charge in [-0.3, -0.25) is 0 Å². The standard InChI is InChI=1S/C14H14Cl2IN3/c1-7(2)5-11-12(17)13(18)20-14(19-11)9-4-3-8(15)6-10(9)16/h3-4,6-7H,5H2,1-2H3,(H2,18,19,20). The second-order valence-corrected chi connectivity index (χ2v) is 6.84. The molecule has 0 fully saturated rings. The maximum absolute atomic E-state index is 6.21. The summed E-state index contributed by atoms with van der Waals surface area (Å²) in [7, 11) is 0. The van der Waals surface area contributed by atoms with Crippen molar-refractivity contribution in [2.24, 2.45) is 5.92 Å². The number of hydrogen-bond donors (Lipinski definition) is 1. The lowest BCUT2D eigenvalue weighted by atomic mass is 10.1. The van der Waals surface area contributed by atoms with Crippen LogP contribution >= 0.6 is 45.8 Å². The van der Waals surface area contributed by atoms with Gasteiger partial charge in [-0.1, -0.05) is 37.0 Å². The van der Waals surface area contributed by atoms with Gasteiger partial charge in [0.15, 0.2) is 5.82 Å². The summed E-state index contributed by atoms with van der Waals surface area (Å²) in [5.74, 6) is 1.52. The van der Waals surface area contributed by atoms with Crippen molar-refractivity contribution < 1.29 is 0 Å². The Labute approximate surface area is 142 Å². The predicted octanol–water partition coefficient (Wildman–Crippen LogP) is 4.84. The minimum atomic E-state index is 0.484. The lowest BCUT2D eigenvalue weighted by molar-refractivity contribution is 0.632. The van der Waals surface area contributed by atoms with Gasteiger partial charge >= 0.3 is 0 Å². The second-order valence-electron chi connectivity index (χ2n) is 4.92. The topological polar surface area (TPSA) is 51.8 Å². The molecule has 2 N–H and O–H groups in total. The fourth-order valence-corrected chi connectivity index (χ4v) is 2.78. The number of anilines is 1. The van der Waals surface area contributed by atoms with Crippen molar-refractivity contribution in [3.63, 3.8) is 0 Å². The lowest BCUT2D eigenvalue weighted by Crippen LogP contribution is -2.07. The third kappa shape index (κ3) is 3.54. The van der Waals surface area contributed by atoms with E-state index in [4.69, 9.17) is 28.9 Å². The van der Waals surface area contributed by atoms with E-state index >= 15 is 0 Å². The molecule has 2 rings (SSSR count). The first-order valence-corrected chi connectivity index (χ1v) is 7.99. The van der Waals surface area contributed by atoms with Crippen LogP contribution in [-0.4, -0.2) is 9.97 Å². The highest BCUT2D eigenvalue weighted by atomic mass is 127. The Balaban J connectivity index is 2.54. The van der Waals surface area contributed by atoms with E-state index < -0.39 is 0 Å². The second kappa shape index (κ2) is 6.45. The molecule has 1 heterocycles. The summed E-state index contributed by atoms with van der Waals surface area (Å²) in [4.78, 5) is 8.94. The number of nitrogen functional groups attached to an aromatic ring is 1. The Morgan fingerprint density at radius 1 is 1.25 bits per heavy atom. The smallest absolute Gasteiger partial charge is 0.163 e. The van der Waals surface area contributed by atoms with Crippen molar-refractivity contribution in [2.45, 2.75) is 20.3 Å². The van der Waals surface area contributed by atoms with E-state index in [0.717, 1.165) is 21.2 Å². The molecule has 0 spiro atoms. The fraction of sp³-hybridized carbons (Fsp3) is 0.286. The first kappa shape index (κ1) is 15.8. The SMILES string of the molecule is CC(C)Cc1nc(-c2ccc(Cl)cc2Cl)nc(N)c1I. The molecule has 106 valence electrons. The molecule has 0 aliphatic rings. The monoisotopic (exact) mass is 421 g/mol. The van der Waals surface area contributed by atoms with Crippen LogP contribution in [0.3, 0.4) is 0 Å². The Morgan fingerprint density at radius 3 is 2.55 bits per heavy atom. The van der Waals surface area contributed by atoms with Gasteiger partial charge in [-0.15, -0.1) is 0 Å². The largest absolute Gasteiger partial charge is 0.383 e. The Bertz CT molecular complexity index is 645. The molecule has 0 saturated carbocycles. The number of halogens is 3. The normalized spacial score (nSPS) is 11.1. The van der Waals surface area contributed by atoms with Crippen LogP contribution < -0.4 is 5.73 Å². The van der Waals surface area contributed by atoms with E-state index in [0.29, 0.717) is 27.6 Å². The molecule has 1 aromatic carbocycles. The Morgan fingerprint density at radius 2 is 1.95 bits per heavy atom. The zero-order valence-electron chi connectivity index (χ0n) is 11.1. The van der Waals surface area contributed by atoms with Crippen LogP contribution in [0.2, 0.25) is 10.0 Å². The third-order valence-electron chi connectivity index (χ3n) is 2.72. The molecule has 0 aliphatic heterocycles. The number of rotatable bonds is 3. The van der Waals surface area contributed by atoms with E-state index in [2.05, 4.69) is 46.4 Å². The summed E-state index contributed by atoms with van der Waals surface area (Å²) in [6.45, 7) is 4.28. The molecule has 0 bridgehead atoms. The van der Waals surface area contributed by atoms with Gasteiger partial charge in [0.25, 0.3) is 0 Å². The minimum absolute atomic E-state index is 0.484. The average molecular weight is 422 g/mol. The van der Waals surface area contributed by atoms with Gasteiger partial charge in [0, 0.05) is 10.6 Å². The van der Waals surface area contributed by atoms with E-state index in [-0.39, 0.29) is 0 Å². The number of nitrogens with zero attached hydrogens (tertiary/aromatic N) is 2. The summed E-state index contributed by atoms with van der Waals surface area (Å²) in [5, 5.41) is 1.10. The van der Waals surface area contributed by atoms with Crippen LogP contribution in [0, 0.1) is 9.49 Å². The Kier molecular flexibility index (Phi) is 5.09. The zero-order valence-corrected chi connectivity index (χ0v) is 14.8. The molecular formula is C14H14Cl2IN3. The van der Waals surface area contributed by atoms with Gasteiger partial charge in [-0.2, -0.15) is 0 Å². The summed E-state index contributed by atoms with van der Waals surface area (Å²) >= 11 is 14.3. The van der Waals surface area contributed by atoms with E-state index in [1.807, 2.05) is 6.07 Å². The van der Waals surface area contributed by atoms with E-state index in [1.165, 1.54) is 0 Å². The molecule has 1 aromatic heterocycles. The van der Waals surface area contributed by atoms with Crippen LogP contribution in [0.4, 0.5) is 5.82 Å². The summed E-state index contributed by atoms with van der Waals surface area (Å²) in [6.07, 6.45) is 0.850. The molecule has 0 amide bonds. The molecule has 0 aliphatic carbocycles. The number of aromatic nitrogens is 2. The fourth-order valence-electron chi connectivity index (χ4n) is 1.83. The van der Waals surface area contributed by atoms with Crippen molar-refractivity contribution in [3.8, 4) is 11.4 Å². The van der Waals surface area contributed by atoms with E-state index in [9.17, 15) is 0 Å². The molecule has 20 heavy (non-hydrogen) atoms. The summed E-state index contributed by atoms with van der Waals surface area (Å²) in [5.41, 5.74) is 7.68. The van der Waals surface area contributed by atoms with Crippen LogP contribution in [-0.2, 0) is 6.42 Å². The van der Waals surface area contributed by atoms with Gasteiger partial charge in [0.05, 0.1) is 14.3 Å². The first-order chi connectivity index (χ1) is 9.38. The molecule has 3 nitrogen and oxygen atoms in total. The van der Waals surface area contributed by atoms with Crippen LogP contribution in [0.25, 0.3) is 11.4 Å². The summed E-state index contributed by atoms with van der Waals surface area (Å²) < 4.78 is 0.908. The van der Waals surface area contributed by atoms with Gasteiger partial charge < -0.3 is 5.73 Å². The number of hydrogen-bond acceptors (Lipinski definition) is 3. The van der Waals surface area contributed by atoms with Crippen molar-refractivity contribution in [1.82, 2.24) is 9.97 Å². The maximum Gasteiger partial charge on any atom is 0.163 e. The van der Waals surface area contributed by atoms with Crippen molar-refractivity contribution >= 4 is 51.6 Å². The molecule has 6 heteroatoms. The molecule has 0 saturated heterocycles. The molecular weight excluding hydrogens is 408 g/mol. The molecule has 0 radical (unpaired) electrons.